The van der Waals surface area contributed by atoms with Crippen molar-refractivity contribution in [3.8, 4) is 0 Å². The van der Waals surface area contributed by atoms with Crippen molar-refractivity contribution in [2.75, 3.05) is 25.0 Å². The van der Waals surface area contributed by atoms with E-state index in [-0.39, 0.29) is 23.7 Å². The number of aryl methyl sites for hydroxylation is 1. The van der Waals surface area contributed by atoms with Crippen LogP contribution in [0.5, 0.6) is 0 Å². The second kappa shape index (κ2) is 8.81. The van der Waals surface area contributed by atoms with E-state index in [4.69, 9.17) is 4.42 Å². The maximum Gasteiger partial charge on any atom is 0.287 e. The van der Waals surface area contributed by atoms with Gasteiger partial charge in [0, 0.05) is 43.3 Å². The largest absolute Gasteiger partial charge is 0.459 e. The number of hydrogen-bond acceptors (Lipinski definition) is 4. The molecule has 1 aliphatic rings. The molecule has 0 radical (unpaired) electrons. The number of carbonyl (C=O) groups excluding carboxylic acids is 2. The van der Waals surface area contributed by atoms with Crippen molar-refractivity contribution < 1.29 is 18.4 Å². The number of benzene rings is 1. The highest BCUT2D eigenvalue weighted by Crippen LogP contribution is 2.14. The van der Waals surface area contributed by atoms with E-state index in [9.17, 15) is 14.0 Å². The summed E-state index contributed by atoms with van der Waals surface area (Å²) < 4.78 is 18.1. The molecule has 0 aliphatic carbocycles. The molecule has 2 heterocycles. The molecule has 144 valence electrons. The van der Waals surface area contributed by atoms with Crippen molar-refractivity contribution in [1.29, 1.82) is 0 Å². The summed E-state index contributed by atoms with van der Waals surface area (Å²) in [4.78, 5) is 26.4. The number of piperidine rings is 1. The van der Waals surface area contributed by atoms with Gasteiger partial charge in [-0.3, -0.25) is 9.59 Å². The van der Waals surface area contributed by atoms with E-state index in [0.29, 0.717) is 24.4 Å². The summed E-state index contributed by atoms with van der Waals surface area (Å²) in [7, 11) is 0. The lowest BCUT2D eigenvalue weighted by atomic mass is 10.0. The van der Waals surface area contributed by atoms with Crippen LogP contribution < -0.4 is 10.6 Å². The molecule has 0 saturated carbocycles. The number of nitrogens with one attached hydrogen (secondary N) is 2. The van der Waals surface area contributed by atoms with Crippen LogP contribution in [-0.2, 0) is 4.79 Å². The van der Waals surface area contributed by atoms with E-state index in [1.807, 2.05) is 6.92 Å². The predicted molar refractivity (Wildman–Crippen MR) is 100 cm³/mol. The van der Waals surface area contributed by atoms with Crippen molar-refractivity contribution in [1.82, 2.24) is 10.2 Å². The molecule has 1 aromatic carbocycles. The fourth-order valence-electron chi connectivity index (χ4n) is 3.17. The monoisotopic (exact) mass is 373 g/mol. The molecule has 0 unspecified atom stereocenters. The lowest BCUT2D eigenvalue weighted by Gasteiger charge is -2.32. The summed E-state index contributed by atoms with van der Waals surface area (Å²) in [6, 6.07) is 7.61. The van der Waals surface area contributed by atoms with Gasteiger partial charge in [-0.15, -0.1) is 0 Å². The predicted octanol–water partition coefficient (Wildman–Crippen LogP) is 2.95. The fourth-order valence-corrected chi connectivity index (χ4v) is 3.17. The fraction of sp³-hybridized carbons (Fsp3) is 0.400. The van der Waals surface area contributed by atoms with E-state index in [1.165, 1.54) is 18.4 Å². The lowest BCUT2D eigenvalue weighted by molar-refractivity contribution is -0.116. The zero-order valence-electron chi connectivity index (χ0n) is 15.3. The molecule has 1 aliphatic heterocycles. The molecule has 1 aromatic heterocycles. The van der Waals surface area contributed by atoms with Gasteiger partial charge in [0.1, 0.15) is 5.82 Å². The Kier molecular flexibility index (Phi) is 6.24. The molecule has 1 fully saturated rings. The van der Waals surface area contributed by atoms with Crippen LogP contribution in [0, 0.1) is 12.7 Å². The molecular formula is C20H24FN3O3. The van der Waals surface area contributed by atoms with E-state index < -0.39 is 0 Å². The number of amides is 2. The third kappa shape index (κ3) is 5.40. The summed E-state index contributed by atoms with van der Waals surface area (Å²) >= 11 is 0. The van der Waals surface area contributed by atoms with Gasteiger partial charge in [0.15, 0.2) is 5.76 Å². The minimum Gasteiger partial charge on any atom is -0.459 e. The minimum atomic E-state index is -0.329. The van der Waals surface area contributed by atoms with Crippen molar-refractivity contribution >= 4 is 17.5 Å². The lowest BCUT2D eigenvalue weighted by Crippen LogP contribution is -2.45. The molecule has 27 heavy (non-hydrogen) atoms. The van der Waals surface area contributed by atoms with E-state index in [0.717, 1.165) is 31.5 Å². The second-order valence-corrected chi connectivity index (χ2v) is 6.83. The molecule has 6 nitrogen and oxygen atoms in total. The molecule has 0 bridgehead atoms. The van der Waals surface area contributed by atoms with E-state index in [2.05, 4.69) is 15.5 Å². The number of nitrogens with zero attached hydrogens (tertiary/aromatic N) is 1. The molecule has 2 N–H and O–H groups in total. The molecule has 1 saturated heterocycles. The van der Waals surface area contributed by atoms with Crippen LogP contribution in [-0.4, -0.2) is 42.4 Å². The van der Waals surface area contributed by atoms with Gasteiger partial charge >= 0.3 is 0 Å². The third-order valence-corrected chi connectivity index (χ3v) is 4.77. The average molecular weight is 373 g/mol. The number of carbonyl (C=O) groups is 2. The van der Waals surface area contributed by atoms with Gasteiger partial charge in [-0.25, -0.2) is 4.39 Å². The van der Waals surface area contributed by atoms with Gasteiger partial charge in [-0.2, -0.15) is 0 Å². The summed E-state index contributed by atoms with van der Waals surface area (Å²) in [5.41, 5.74) is 1.42. The van der Waals surface area contributed by atoms with Gasteiger partial charge in [0.2, 0.25) is 5.91 Å². The van der Waals surface area contributed by atoms with Crippen LogP contribution in [0.25, 0.3) is 0 Å². The van der Waals surface area contributed by atoms with Crippen molar-refractivity contribution in [3.63, 3.8) is 0 Å². The van der Waals surface area contributed by atoms with Crippen molar-refractivity contribution in [3.05, 3.63) is 53.7 Å². The SMILES string of the molecule is Cc1ccoc1C(=O)NC1CCN(CCC(=O)Nc2ccc(F)cc2)CC1. The normalized spacial score (nSPS) is 15.5. The van der Waals surface area contributed by atoms with Crippen LogP contribution in [0.4, 0.5) is 10.1 Å². The van der Waals surface area contributed by atoms with Gasteiger partial charge in [0.05, 0.1) is 6.26 Å². The topological polar surface area (TPSA) is 74.6 Å². The zero-order chi connectivity index (χ0) is 19.2. The Hall–Kier alpha value is -2.67. The first kappa shape index (κ1) is 19.1. The number of hydrogen-bond donors (Lipinski definition) is 2. The standard InChI is InChI=1S/C20H24FN3O3/c1-14-9-13-27-19(14)20(26)23-17-6-10-24(11-7-17)12-8-18(25)22-16-4-2-15(21)3-5-16/h2-5,9,13,17H,6-8,10-12H2,1H3,(H,22,25)(H,23,26). The number of furan rings is 1. The highest BCUT2D eigenvalue weighted by Gasteiger charge is 2.23. The van der Waals surface area contributed by atoms with Gasteiger partial charge < -0.3 is 20.0 Å². The number of likely N-dealkylation sites (tertiary alicyclic amines) is 1. The van der Waals surface area contributed by atoms with Crippen LogP contribution in [0.3, 0.4) is 0 Å². The first-order valence-corrected chi connectivity index (χ1v) is 9.14. The average Bonchev–Trinajstić information content (AvgIpc) is 3.09. The van der Waals surface area contributed by atoms with Crippen LogP contribution in [0.1, 0.15) is 35.4 Å². The zero-order valence-corrected chi connectivity index (χ0v) is 15.3. The van der Waals surface area contributed by atoms with Crippen LogP contribution in [0.15, 0.2) is 41.0 Å². The van der Waals surface area contributed by atoms with Crippen molar-refractivity contribution in [2.24, 2.45) is 0 Å². The van der Waals surface area contributed by atoms with E-state index >= 15 is 0 Å². The van der Waals surface area contributed by atoms with E-state index in [1.54, 1.807) is 18.2 Å². The molecule has 0 spiro atoms. The smallest absolute Gasteiger partial charge is 0.287 e. The molecule has 3 rings (SSSR count). The number of halogens is 1. The number of rotatable bonds is 6. The quantitative estimate of drug-likeness (QED) is 0.816. The maximum absolute atomic E-state index is 12.9. The van der Waals surface area contributed by atoms with Gasteiger partial charge in [0.25, 0.3) is 5.91 Å². The Balaban J connectivity index is 1.37. The molecule has 7 heteroatoms. The maximum atomic E-state index is 12.9. The van der Waals surface area contributed by atoms with Crippen LogP contribution >= 0.6 is 0 Å². The summed E-state index contributed by atoms with van der Waals surface area (Å²) in [6.45, 7) is 4.15. The third-order valence-electron chi connectivity index (χ3n) is 4.77. The van der Waals surface area contributed by atoms with Gasteiger partial charge in [-0.05, 0) is 50.1 Å². The first-order valence-electron chi connectivity index (χ1n) is 9.14. The Bertz CT molecular complexity index is 780. The summed E-state index contributed by atoms with van der Waals surface area (Å²) in [5, 5.41) is 5.78. The molecule has 0 atom stereocenters. The first-order chi connectivity index (χ1) is 13.0. The Labute approximate surface area is 157 Å². The second-order valence-electron chi connectivity index (χ2n) is 6.83. The highest BCUT2D eigenvalue weighted by molar-refractivity contribution is 5.93. The Morgan fingerprint density at radius 3 is 2.52 bits per heavy atom. The number of anilines is 1. The highest BCUT2D eigenvalue weighted by atomic mass is 19.1. The summed E-state index contributed by atoms with van der Waals surface area (Å²) in [6.07, 6.45) is 3.57. The Morgan fingerprint density at radius 1 is 1.19 bits per heavy atom. The van der Waals surface area contributed by atoms with Crippen molar-refractivity contribution in [2.45, 2.75) is 32.2 Å². The van der Waals surface area contributed by atoms with Crippen LogP contribution in [0.2, 0.25) is 0 Å². The Morgan fingerprint density at radius 2 is 1.89 bits per heavy atom. The minimum absolute atomic E-state index is 0.0923. The molecule has 2 amide bonds. The van der Waals surface area contributed by atoms with Gasteiger partial charge in [-0.1, -0.05) is 0 Å². The summed E-state index contributed by atoms with van der Waals surface area (Å²) in [5.74, 6) is -0.222. The molecular weight excluding hydrogens is 349 g/mol. The molecule has 2 aromatic rings.